The summed E-state index contributed by atoms with van der Waals surface area (Å²) < 4.78 is 10.8. The number of hydrogen-bond donors (Lipinski definition) is 0. The van der Waals surface area contributed by atoms with Crippen molar-refractivity contribution in [1.82, 2.24) is 0 Å². The van der Waals surface area contributed by atoms with E-state index in [4.69, 9.17) is 9.47 Å². The molecule has 0 spiro atoms. The summed E-state index contributed by atoms with van der Waals surface area (Å²) in [6, 6.07) is 8.02. The largest absolute Gasteiger partial charge is 0.464 e. The summed E-state index contributed by atoms with van der Waals surface area (Å²) in [5.74, 6) is -0.291. The summed E-state index contributed by atoms with van der Waals surface area (Å²) in [6.45, 7) is 6.01. The third kappa shape index (κ3) is 5.33. The molecule has 0 saturated carbocycles. The maximum absolute atomic E-state index is 11.9. The van der Waals surface area contributed by atoms with Crippen LogP contribution >= 0.6 is 15.9 Å². The zero-order chi connectivity index (χ0) is 14.3. The average molecular weight is 329 g/mol. The summed E-state index contributed by atoms with van der Waals surface area (Å²) in [5.41, 5.74) is 2.28. The number of ether oxygens (including phenoxy) is 2. The van der Waals surface area contributed by atoms with E-state index in [9.17, 15) is 4.79 Å². The van der Waals surface area contributed by atoms with Gasteiger partial charge in [-0.2, -0.15) is 0 Å². The van der Waals surface area contributed by atoms with Gasteiger partial charge in [-0.25, -0.2) is 4.79 Å². The first kappa shape index (κ1) is 16.2. The minimum atomic E-state index is -0.542. The monoisotopic (exact) mass is 328 g/mol. The number of halogens is 1. The zero-order valence-electron chi connectivity index (χ0n) is 11.7. The first-order chi connectivity index (χ1) is 9.08. The van der Waals surface area contributed by atoms with Crippen molar-refractivity contribution in [1.29, 1.82) is 0 Å². The molecule has 1 rings (SSSR count). The van der Waals surface area contributed by atoms with Crippen LogP contribution in [0.15, 0.2) is 24.3 Å². The molecule has 1 aromatic carbocycles. The van der Waals surface area contributed by atoms with Crippen molar-refractivity contribution < 1.29 is 14.3 Å². The quantitative estimate of drug-likeness (QED) is 0.567. The minimum Gasteiger partial charge on any atom is -0.464 e. The van der Waals surface area contributed by atoms with Crippen LogP contribution in [0.25, 0.3) is 0 Å². The maximum atomic E-state index is 11.9. The lowest BCUT2D eigenvalue weighted by atomic mass is 10.0. The Bertz CT molecular complexity index is 404. The predicted octanol–water partition coefficient (Wildman–Crippen LogP) is 3.48. The Labute approximate surface area is 123 Å². The van der Waals surface area contributed by atoms with Gasteiger partial charge in [-0.1, -0.05) is 40.2 Å². The molecule has 1 unspecified atom stereocenters. The van der Waals surface area contributed by atoms with Gasteiger partial charge in [0.25, 0.3) is 0 Å². The van der Waals surface area contributed by atoms with Crippen LogP contribution in [0.2, 0.25) is 0 Å². The number of carbonyl (C=O) groups is 1. The van der Waals surface area contributed by atoms with Crippen molar-refractivity contribution in [3.05, 3.63) is 35.4 Å². The van der Waals surface area contributed by atoms with E-state index in [2.05, 4.69) is 15.9 Å². The van der Waals surface area contributed by atoms with Crippen molar-refractivity contribution in [2.24, 2.45) is 0 Å². The Morgan fingerprint density at radius 3 is 2.42 bits per heavy atom. The van der Waals surface area contributed by atoms with E-state index in [-0.39, 0.29) is 12.1 Å². The van der Waals surface area contributed by atoms with Crippen LogP contribution in [0.3, 0.4) is 0 Å². The number of alkyl halides is 1. The van der Waals surface area contributed by atoms with E-state index in [1.807, 2.05) is 38.1 Å². The third-order valence-electron chi connectivity index (χ3n) is 2.65. The second-order valence-electron chi connectivity index (χ2n) is 4.53. The molecule has 0 saturated heterocycles. The summed E-state index contributed by atoms with van der Waals surface area (Å²) in [6.07, 6.45) is -0.00983. The van der Waals surface area contributed by atoms with Gasteiger partial charge in [-0.3, -0.25) is 0 Å². The molecule has 1 aromatic rings. The van der Waals surface area contributed by atoms with Gasteiger partial charge in [0.1, 0.15) is 0 Å². The van der Waals surface area contributed by atoms with Crippen LogP contribution in [-0.2, 0) is 26.0 Å². The van der Waals surface area contributed by atoms with Crippen LogP contribution < -0.4 is 0 Å². The number of rotatable bonds is 7. The van der Waals surface area contributed by atoms with Gasteiger partial charge in [0.2, 0.25) is 0 Å². The molecule has 0 aliphatic rings. The normalized spacial score (nSPS) is 12.5. The molecule has 0 aliphatic heterocycles. The maximum Gasteiger partial charge on any atom is 0.335 e. The fourth-order valence-electron chi connectivity index (χ4n) is 1.84. The highest BCUT2D eigenvalue weighted by Crippen LogP contribution is 2.17. The Kier molecular flexibility index (Phi) is 7.10. The van der Waals surface area contributed by atoms with Gasteiger partial charge in [-0.15, -0.1) is 0 Å². The van der Waals surface area contributed by atoms with E-state index < -0.39 is 6.10 Å². The smallest absolute Gasteiger partial charge is 0.335 e. The summed E-state index contributed by atoms with van der Waals surface area (Å²) in [7, 11) is 0. The fraction of sp³-hybridized carbons (Fsp3) is 0.533. The molecule has 4 heteroatoms. The lowest BCUT2D eigenvalue weighted by molar-refractivity contribution is -0.159. The van der Waals surface area contributed by atoms with Crippen LogP contribution in [0.5, 0.6) is 0 Å². The molecular weight excluding hydrogens is 308 g/mol. The molecule has 0 radical (unpaired) electrons. The Morgan fingerprint density at radius 1 is 1.26 bits per heavy atom. The molecule has 0 heterocycles. The first-order valence-corrected chi connectivity index (χ1v) is 7.65. The molecule has 0 bridgehead atoms. The summed E-state index contributed by atoms with van der Waals surface area (Å²) in [5, 5.41) is 0.764. The highest BCUT2D eigenvalue weighted by Gasteiger charge is 2.23. The third-order valence-corrected chi connectivity index (χ3v) is 3.26. The van der Waals surface area contributed by atoms with Gasteiger partial charge in [0.05, 0.1) is 12.7 Å². The molecule has 3 nitrogen and oxygen atoms in total. The minimum absolute atomic E-state index is 0.00876. The number of benzene rings is 1. The number of esters is 1. The second-order valence-corrected chi connectivity index (χ2v) is 5.09. The molecule has 0 amide bonds. The lowest BCUT2D eigenvalue weighted by Crippen LogP contribution is -2.31. The Hall–Kier alpha value is -0.870. The topological polar surface area (TPSA) is 35.5 Å². The standard InChI is InChI=1S/C15H21BrO3/c1-4-18-15(17)14(19-11(2)3)9-12-7-5-6-8-13(12)10-16/h5-8,11,14H,4,9-10H2,1-3H3. The van der Waals surface area contributed by atoms with Crippen molar-refractivity contribution in [3.8, 4) is 0 Å². The fourth-order valence-corrected chi connectivity index (χ4v) is 2.38. The van der Waals surface area contributed by atoms with E-state index >= 15 is 0 Å². The Balaban J connectivity index is 2.84. The molecule has 0 aliphatic carbocycles. The highest BCUT2D eigenvalue weighted by atomic mass is 79.9. The second kappa shape index (κ2) is 8.33. The molecule has 1 atom stereocenters. The molecular formula is C15H21BrO3. The number of carbonyl (C=O) groups excluding carboxylic acids is 1. The van der Waals surface area contributed by atoms with E-state index in [1.165, 1.54) is 5.56 Å². The van der Waals surface area contributed by atoms with Crippen LogP contribution in [-0.4, -0.2) is 24.8 Å². The first-order valence-electron chi connectivity index (χ1n) is 6.53. The van der Waals surface area contributed by atoms with Crippen molar-refractivity contribution in [2.75, 3.05) is 6.61 Å². The summed E-state index contributed by atoms with van der Waals surface area (Å²) in [4.78, 5) is 11.9. The van der Waals surface area contributed by atoms with Crippen LogP contribution in [0, 0.1) is 0 Å². The summed E-state index contributed by atoms with van der Waals surface area (Å²) >= 11 is 3.46. The van der Waals surface area contributed by atoms with Crippen molar-refractivity contribution >= 4 is 21.9 Å². The van der Waals surface area contributed by atoms with E-state index in [1.54, 1.807) is 6.92 Å². The number of hydrogen-bond acceptors (Lipinski definition) is 3. The van der Waals surface area contributed by atoms with Gasteiger partial charge in [0.15, 0.2) is 6.10 Å². The van der Waals surface area contributed by atoms with Crippen LogP contribution in [0.1, 0.15) is 31.9 Å². The molecule has 0 aromatic heterocycles. The van der Waals surface area contributed by atoms with Gasteiger partial charge in [-0.05, 0) is 31.9 Å². The lowest BCUT2D eigenvalue weighted by Gasteiger charge is -2.20. The Morgan fingerprint density at radius 2 is 1.89 bits per heavy atom. The molecule has 106 valence electrons. The molecule has 0 fully saturated rings. The van der Waals surface area contributed by atoms with Crippen molar-refractivity contribution in [3.63, 3.8) is 0 Å². The van der Waals surface area contributed by atoms with Gasteiger partial charge >= 0.3 is 5.97 Å². The SMILES string of the molecule is CCOC(=O)C(Cc1ccccc1CBr)OC(C)C. The zero-order valence-corrected chi connectivity index (χ0v) is 13.3. The van der Waals surface area contributed by atoms with Crippen molar-refractivity contribution in [2.45, 2.75) is 44.7 Å². The van der Waals surface area contributed by atoms with Gasteiger partial charge < -0.3 is 9.47 Å². The van der Waals surface area contributed by atoms with E-state index in [0.29, 0.717) is 13.0 Å². The van der Waals surface area contributed by atoms with Crippen LogP contribution in [0.4, 0.5) is 0 Å². The highest BCUT2D eigenvalue weighted by molar-refractivity contribution is 9.08. The molecule has 19 heavy (non-hydrogen) atoms. The molecule has 0 N–H and O–H groups in total. The average Bonchev–Trinajstić information content (AvgIpc) is 2.38. The predicted molar refractivity (Wildman–Crippen MR) is 79.4 cm³/mol. The van der Waals surface area contributed by atoms with Gasteiger partial charge in [0, 0.05) is 11.8 Å². The van der Waals surface area contributed by atoms with E-state index in [0.717, 1.165) is 10.9 Å².